The molecule has 2 aromatic rings. The molecule has 0 fully saturated rings. The molecule has 2 nitrogen and oxygen atoms in total. The van der Waals surface area contributed by atoms with E-state index in [1.165, 1.54) is 21.1 Å². The summed E-state index contributed by atoms with van der Waals surface area (Å²) in [5.74, 6) is 0. The van der Waals surface area contributed by atoms with E-state index in [2.05, 4.69) is 28.7 Å². The molecule has 3 heterocycles. The molecule has 0 saturated carbocycles. The lowest BCUT2D eigenvalue weighted by atomic mass is 10.2. The molecule has 2 aromatic heterocycles. The minimum atomic E-state index is 0.878. The normalized spacial score (nSPS) is 13.3. The third-order valence-electron chi connectivity index (χ3n) is 2.12. The second-order valence-corrected chi connectivity index (χ2v) is 5.14. The monoisotopic (exact) mass is 208 g/mol. The SMILES string of the molecule is Cc1nc2c(s1)-c1sccc1NC2. The Morgan fingerprint density at radius 3 is 3.31 bits per heavy atom. The van der Waals surface area contributed by atoms with Crippen molar-refractivity contribution in [3.8, 4) is 9.75 Å². The van der Waals surface area contributed by atoms with Crippen molar-refractivity contribution < 1.29 is 0 Å². The van der Waals surface area contributed by atoms with Gasteiger partial charge in [0.05, 0.1) is 32.7 Å². The Hall–Kier alpha value is -0.870. The Kier molecular flexibility index (Phi) is 1.48. The Morgan fingerprint density at radius 1 is 1.46 bits per heavy atom. The highest BCUT2D eigenvalue weighted by Gasteiger charge is 2.19. The quantitative estimate of drug-likeness (QED) is 0.719. The van der Waals surface area contributed by atoms with Crippen LogP contribution in [-0.4, -0.2) is 4.98 Å². The average Bonchev–Trinajstić information content (AvgIpc) is 2.65. The highest BCUT2D eigenvalue weighted by molar-refractivity contribution is 7.21. The van der Waals surface area contributed by atoms with Crippen molar-refractivity contribution in [2.75, 3.05) is 5.32 Å². The lowest BCUT2D eigenvalue weighted by Crippen LogP contribution is -2.05. The third-order valence-corrected chi connectivity index (χ3v) is 4.21. The number of nitrogens with one attached hydrogen (secondary N) is 1. The molecule has 1 N–H and O–H groups in total. The molecular weight excluding hydrogens is 200 g/mol. The Morgan fingerprint density at radius 2 is 2.38 bits per heavy atom. The molecule has 0 aliphatic carbocycles. The fourth-order valence-corrected chi connectivity index (χ4v) is 3.56. The van der Waals surface area contributed by atoms with Gasteiger partial charge in [-0.3, -0.25) is 0 Å². The summed E-state index contributed by atoms with van der Waals surface area (Å²) >= 11 is 3.59. The first-order chi connectivity index (χ1) is 6.34. The van der Waals surface area contributed by atoms with Crippen molar-refractivity contribution in [1.29, 1.82) is 0 Å². The lowest BCUT2D eigenvalue weighted by molar-refractivity contribution is 1.05. The third kappa shape index (κ3) is 1.02. The van der Waals surface area contributed by atoms with Crippen molar-refractivity contribution in [2.45, 2.75) is 13.5 Å². The van der Waals surface area contributed by atoms with Crippen LogP contribution in [0.4, 0.5) is 5.69 Å². The highest BCUT2D eigenvalue weighted by Crippen LogP contribution is 2.42. The van der Waals surface area contributed by atoms with E-state index in [0.29, 0.717) is 0 Å². The van der Waals surface area contributed by atoms with Gasteiger partial charge in [0.1, 0.15) is 0 Å². The van der Waals surface area contributed by atoms with Crippen LogP contribution in [0.5, 0.6) is 0 Å². The van der Waals surface area contributed by atoms with Gasteiger partial charge >= 0.3 is 0 Å². The zero-order chi connectivity index (χ0) is 8.84. The number of hydrogen-bond donors (Lipinski definition) is 1. The summed E-state index contributed by atoms with van der Waals surface area (Å²) in [5.41, 5.74) is 2.47. The molecule has 13 heavy (non-hydrogen) atoms. The number of nitrogens with zero attached hydrogens (tertiary/aromatic N) is 1. The van der Waals surface area contributed by atoms with Crippen LogP contribution < -0.4 is 5.32 Å². The fraction of sp³-hybridized carbons (Fsp3) is 0.222. The van der Waals surface area contributed by atoms with Gasteiger partial charge in [-0.05, 0) is 18.4 Å². The lowest BCUT2D eigenvalue weighted by Gasteiger charge is -2.12. The largest absolute Gasteiger partial charge is 0.378 e. The summed E-state index contributed by atoms with van der Waals surface area (Å²) < 4.78 is 0. The van der Waals surface area contributed by atoms with Crippen LogP contribution >= 0.6 is 22.7 Å². The Bertz CT molecular complexity index is 456. The number of aryl methyl sites for hydroxylation is 1. The Balaban J connectivity index is 2.29. The van der Waals surface area contributed by atoms with Crippen molar-refractivity contribution in [1.82, 2.24) is 4.98 Å². The van der Waals surface area contributed by atoms with E-state index in [1.807, 2.05) is 0 Å². The van der Waals surface area contributed by atoms with E-state index in [1.54, 1.807) is 22.7 Å². The van der Waals surface area contributed by atoms with Crippen molar-refractivity contribution in [3.63, 3.8) is 0 Å². The maximum Gasteiger partial charge on any atom is 0.0905 e. The van der Waals surface area contributed by atoms with Crippen molar-refractivity contribution in [3.05, 3.63) is 22.1 Å². The molecule has 1 aliphatic heterocycles. The van der Waals surface area contributed by atoms with Crippen LogP contribution in [0.15, 0.2) is 11.4 Å². The minimum absolute atomic E-state index is 0.878. The van der Waals surface area contributed by atoms with Gasteiger partial charge in [0.25, 0.3) is 0 Å². The smallest absolute Gasteiger partial charge is 0.0905 e. The van der Waals surface area contributed by atoms with Crippen LogP contribution in [0, 0.1) is 6.92 Å². The Labute approximate surface area is 84.3 Å². The van der Waals surface area contributed by atoms with E-state index in [-0.39, 0.29) is 0 Å². The second-order valence-electron chi connectivity index (χ2n) is 3.03. The summed E-state index contributed by atoms with van der Waals surface area (Å²) in [5, 5.41) is 6.65. The minimum Gasteiger partial charge on any atom is -0.378 e. The molecular formula is C9H8N2S2. The molecule has 0 saturated heterocycles. The molecule has 0 atom stereocenters. The van der Waals surface area contributed by atoms with Crippen molar-refractivity contribution >= 4 is 28.4 Å². The van der Waals surface area contributed by atoms with Gasteiger partial charge < -0.3 is 5.32 Å². The van der Waals surface area contributed by atoms with E-state index in [0.717, 1.165) is 11.6 Å². The van der Waals surface area contributed by atoms with E-state index >= 15 is 0 Å². The number of thiophene rings is 1. The zero-order valence-electron chi connectivity index (χ0n) is 7.13. The van der Waals surface area contributed by atoms with Crippen LogP contribution in [0.25, 0.3) is 9.75 Å². The maximum atomic E-state index is 4.49. The first-order valence-corrected chi connectivity index (χ1v) is 5.82. The number of hydrogen-bond acceptors (Lipinski definition) is 4. The summed E-state index contributed by atoms with van der Waals surface area (Å²) in [6, 6.07) is 2.14. The van der Waals surface area contributed by atoms with Gasteiger partial charge in [0.2, 0.25) is 0 Å². The number of aromatic nitrogens is 1. The molecule has 0 amide bonds. The number of fused-ring (bicyclic) bond motifs is 3. The number of thiazole rings is 1. The van der Waals surface area contributed by atoms with Gasteiger partial charge in [0.15, 0.2) is 0 Å². The standard InChI is InChI=1S/C9H8N2S2/c1-5-11-7-4-10-6-2-3-12-8(6)9(7)13-5/h2-3,10H,4H2,1H3. The van der Waals surface area contributed by atoms with Gasteiger partial charge in [-0.25, -0.2) is 4.98 Å². The summed E-state index contributed by atoms with van der Waals surface area (Å²) in [6.45, 7) is 2.94. The van der Waals surface area contributed by atoms with Crippen LogP contribution in [0.1, 0.15) is 10.7 Å². The molecule has 0 aromatic carbocycles. The topological polar surface area (TPSA) is 24.9 Å². The van der Waals surface area contributed by atoms with Gasteiger partial charge in [-0.1, -0.05) is 0 Å². The van der Waals surface area contributed by atoms with Gasteiger partial charge in [-0.2, -0.15) is 0 Å². The number of anilines is 1. The first-order valence-electron chi connectivity index (χ1n) is 4.12. The fourth-order valence-electron chi connectivity index (χ4n) is 1.57. The molecule has 4 heteroatoms. The molecule has 0 radical (unpaired) electrons. The van der Waals surface area contributed by atoms with Crippen LogP contribution in [-0.2, 0) is 6.54 Å². The first kappa shape index (κ1) is 7.53. The second kappa shape index (κ2) is 2.56. The van der Waals surface area contributed by atoms with E-state index in [9.17, 15) is 0 Å². The van der Waals surface area contributed by atoms with Crippen LogP contribution in [0.2, 0.25) is 0 Å². The molecule has 3 rings (SSSR count). The highest BCUT2D eigenvalue weighted by atomic mass is 32.1. The average molecular weight is 208 g/mol. The van der Waals surface area contributed by atoms with Crippen molar-refractivity contribution in [2.24, 2.45) is 0 Å². The van der Waals surface area contributed by atoms with E-state index in [4.69, 9.17) is 0 Å². The maximum absolute atomic E-state index is 4.49. The molecule has 0 bridgehead atoms. The molecule has 1 aliphatic rings. The van der Waals surface area contributed by atoms with E-state index < -0.39 is 0 Å². The predicted molar refractivity (Wildman–Crippen MR) is 57.5 cm³/mol. The summed E-state index contributed by atoms with van der Waals surface area (Å²) in [6.07, 6.45) is 0. The number of rotatable bonds is 0. The van der Waals surface area contributed by atoms with Gasteiger partial charge in [0, 0.05) is 0 Å². The van der Waals surface area contributed by atoms with Gasteiger partial charge in [-0.15, -0.1) is 22.7 Å². The molecule has 66 valence electrons. The molecule has 0 spiro atoms. The zero-order valence-corrected chi connectivity index (χ0v) is 8.76. The summed E-state index contributed by atoms with van der Waals surface area (Å²) in [4.78, 5) is 7.21. The summed E-state index contributed by atoms with van der Waals surface area (Å²) in [7, 11) is 0. The van der Waals surface area contributed by atoms with Crippen LogP contribution in [0.3, 0.4) is 0 Å². The predicted octanol–water partition coefficient (Wildman–Crippen LogP) is 3.11. The molecule has 0 unspecified atom stereocenters.